The Morgan fingerprint density at radius 3 is 2.40 bits per heavy atom. The molecular formula is C14H9N5O6. The summed E-state index contributed by atoms with van der Waals surface area (Å²) in [6.07, 6.45) is 2.59. The topological polar surface area (TPSA) is 150 Å². The zero-order valence-corrected chi connectivity index (χ0v) is 12.3. The van der Waals surface area contributed by atoms with Gasteiger partial charge in [0.2, 0.25) is 0 Å². The maximum atomic E-state index is 10.7. The Morgan fingerprint density at radius 2 is 1.84 bits per heavy atom. The van der Waals surface area contributed by atoms with Gasteiger partial charge < -0.3 is 9.62 Å². The van der Waals surface area contributed by atoms with Crippen molar-refractivity contribution in [1.82, 2.24) is 9.78 Å². The highest BCUT2D eigenvalue weighted by molar-refractivity contribution is 5.87. The summed E-state index contributed by atoms with van der Waals surface area (Å²) in [6, 6.07) is 8.15. The molecule has 126 valence electrons. The van der Waals surface area contributed by atoms with Gasteiger partial charge in [0.25, 0.3) is 5.69 Å². The molecule has 2 aromatic heterocycles. The van der Waals surface area contributed by atoms with Crippen LogP contribution in [0.3, 0.4) is 0 Å². The van der Waals surface area contributed by atoms with Crippen LogP contribution in [0.2, 0.25) is 0 Å². The second-order valence-corrected chi connectivity index (χ2v) is 4.79. The van der Waals surface area contributed by atoms with E-state index < -0.39 is 15.7 Å². The molecule has 0 aliphatic heterocycles. The summed E-state index contributed by atoms with van der Waals surface area (Å²) in [5, 5.41) is 37.4. The van der Waals surface area contributed by atoms with E-state index in [0.717, 1.165) is 6.21 Å². The fourth-order valence-corrected chi connectivity index (χ4v) is 2.15. The van der Waals surface area contributed by atoms with E-state index in [-0.39, 0.29) is 17.1 Å². The summed E-state index contributed by atoms with van der Waals surface area (Å²) >= 11 is 0. The van der Waals surface area contributed by atoms with Crippen LogP contribution in [0.1, 0.15) is 5.56 Å². The van der Waals surface area contributed by atoms with Crippen molar-refractivity contribution in [1.29, 1.82) is 0 Å². The van der Waals surface area contributed by atoms with Gasteiger partial charge in [0.1, 0.15) is 10.6 Å². The predicted octanol–water partition coefficient (Wildman–Crippen LogP) is 2.76. The van der Waals surface area contributed by atoms with E-state index in [1.165, 1.54) is 47.3 Å². The zero-order chi connectivity index (χ0) is 18.0. The summed E-state index contributed by atoms with van der Waals surface area (Å²) in [5.74, 6) is -0.339. The third-order valence-electron chi connectivity index (χ3n) is 3.27. The smallest absolute Gasteiger partial charge is 0.411 e. The molecule has 11 nitrogen and oxygen atoms in total. The molecule has 0 unspecified atom stereocenters. The minimum atomic E-state index is -0.684. The summed E-state index contributed by atoms with van der Waals surface area (Å²) in [4.78, 5) is 20.2. The molecule has 0 fully saturated rings. The van der Waals surface area contributed by atoms with E-state index in [4.69, 9.17) is 9.62 Å². The van der Waals surface area contributed by atoms with Crippen LogP contribution in [-0.4, -0.2) is 31.0 Å². The van der Waals surface area contributed by atoms with Crippen molar-refractivity contribution >= 4 is 17.8 Å². The molecule has 1 aromatic carbocycles. The average molecular weight is 343 g/mol. The van der Waals surface area contributed by atoms with E-state index in [9.17, 15) is 20.2 Å². The van der Waals surface area contributed by atoms with Crippen molar-refractivity contribution in [2.24, 2.45) is 5.16 Å². The van der Waals surface area contributed by atoms with E-state index in [2.05, 4.69) is 10.3 Å². The molecule has 25 heavy (non-hydrogen) atoms. The molecule has 0 radical (unpaired) electrons. The molecule has 0 aliphatic carbocycles. The lowest BCUT2D eigenvalue weighted by Crippen LogP contribution is -1.95. The number of non-ortho nitro benzene ring substituents is 1. The molecule has 0 amide bonds. The van der Waals surface area contributed by atoms with Gasteiger partial charge in [0.15, 0.2) is 5.76 Å². The van der Waals surface area contributed by atoms with Gasteiger partial charge >= 0.3 is 5.88 Å². The van der Waals surface area contributed by atoms with Gasteiger partial charge in [-0.1, -0.05) is 5.16 Å². The summed E-state index contributed by atoms with van der Waals surface area (Å²) in [7, 11) is 0. The van der Waals surface area contributed by atoms with Crippen LogP contribution in [0.25, 0.3) is 17.1 Å². The number of oxime groups is 1. The molecule has 3 rings (SSSR count). The maximum absolute atomic E-state index is 10.7. The van der Waals surface area contributed by atoms with Gasteiger partial charge in [0, 0.05) is 23.9 Å². The molecule has 2 heterocycles. The van der Waals surface area contributed by atoms with Crippen molar-refractivity contribution < 1.29 is 19.5 Å². The molecule has 0 spiro atoms. The van der Waals surface area contributed by atoms with Crippen LogP contribution in [0.15, 0.2) is 52.2 Å². The molecule has 0 saturated heterocycles. The molecule has 0 aliphatic rings. The predicted molar refractivity (Wildman–Crippen MR) is 84.0 cm³/mol. The third kappa shape index (κ3) is 3.06. The Kier molecular flexibility index (Phi) is 3.95. The number of aromatic nitrogens is 2. The number of hydrogen-bond donors (Lipinski definition) is 1. The average Bonchev–Trinajstić information content (AvgIpc) is 3.22. The van der Waals surface area contributed by atoms with Gasteiger partial charge in [-0.3, -0.25) is 20.2 Å². The maximum Gasteiger partial charge on any atom is 0.433 e. The standard InChI is InChI=1S/C14H9N5O6/c20-15-7-9-8-17(10-1-3-11(4-2-10)18(21)22)16-14(9)12-5-6-13(25-12)19(23)24/h1-8,20H. The summed E-state index contributed by atoms with van der Waals surface area (Å²) < 4.78 is 6.49. The first-order valence-corrected chi connectivity index (χ1v) is 6.76. The number of benzene rings is 1. The Bertz CT molecular complexity index is 972. The first-order valence-electron chi connectivity index (χ1n) is 6.76. The Balaban J connectivity index is 2.04. The molecule has 3 aromatic rings. The van der Waals surface area contributed by atoms with Crippen LogP contribution < -0.4 is 0 Å². The highest BCUT2D eigenvalue weighted by Gasteiger charge is 2.19. The van der Waals surface area contributed by atoms with E-state index in [1.807, 2.05) is 0 Å². The molecule has 1 N–H and O–H groups in total. The lowest BCUT2D eigenvalue weighted by Gasteiger charge is -2.00. The van der Waals surface area contributed by atoms with Gasteiger partial charge in [-0.25, -0.2) is 4.68 Å². The van der Waals surface area contributed by atoms with Crippen molar-refractivity contribution in [2.75, 3.05) is 0 Å². The second-order valence-electron chi connectivity index (χ2n) is 4.79. The van der Waals surface area contributed by atoms with Crippen LogP contribution in [0.5, 0.6) is 0 Å². The van der Waals surface area contributed by atoms with E-state index in [1.54, 1.807) is 0 Å². The SMILES string of the molecule is O=[N+]([O-])c1ccc(-n2cc(C=NO)c(-c3ccc([N+](=O)[O-])o3)n2)cc1. The van der Waals surface area contributed by atoms with Crippen molar-refractivity contribution in [3.8, 4) is 17.1 Å². The molecule has 0 saturated carbocycles. The van der Waals surface area contributed by atoms with E-state index >= 15 is 0 Å². The Labute approximate surface area is 138 Å². The fourth-order valence-electron chi connectivity index (χ4n) is 2.15. The fraction of sp³-hybridized carbons (Fsp3) is 0. The largest absolute Gasteiger partial charge is 0.433 e. The molecular weight excluding hydrogens is 334 g/mol. The van der Waals surface area contributed by atoms with Crippen LogP contribution >= 0.6 is 0 Å². The minimum absolute atomic E-state index is 0.0741. The lowest BCUT2D eigenvalue weighted by atomic mass is 10.2. The highest BCUT2D eigenvalue weighted by atomic mass is 16.6. The van der Waals surface area contributed by atoms with Gasteiger partial charge in [0.05, 0.1) is 22.9 Å². The first-order chi connectivity index (χ1) is 12.0. The zero-order valence-electron chi connectivity index (χ0n) is 12.3. The number of hydrogen-bond acceptors (Lipinski definition) is 8. The number of furan rings is 1. The van der Waals surface area contributed by atoms with Crippen molar-refractivity contribution in [2.45, 2.75) is 0 Å². The van der Waals surface area contributed by atoms with Gasteiger partial charge in [-0.2, -0.15) is 5.10 Å². The van der Waals surface area contributed by atoms with Crippen molar-refractivity contribution in [3.05, 3.63) is 68.4 Å². The number of rotatable bonds is 5. The highest BCUT2D eigenvalue weighted by Crippen LogP contribution is 2.28. The molecule has 0 atom stereocenters. The van der Waals surface area contributed by atoms with Crippen LogP contribution in [-0.2, 0) is 0 Å². The number of nitro groups is 2. The first kappa shape index (κ1) is 15.9. The molecule has 11 heteroatoms. The Hall–Kier alpha value is -4.02. The normalized spacial score (nSPS) is 11.0. The van der Waals surface area contributed by atoms with Crippen LogP contribution in [0.4, 0.5) is 11.6 Å². The summed E-state index contributed by atoms with van der Waals surface area (Å²) in [6.45, 7) is 0. The minimum Gasteiger partial charge on any atom is -0.411 e. The third-order valence-corrected chi connectivity index (χ3v) is 3.27. The van der Waals surface area contributed by atoms with E-state index in [0.29, 0.717) is 11.3 Å². The monoisotopic (exact) mass is 343 g/mol. The number of nitrogens with zero attached hydrogens (tertiary/aromatic N) is 5. The van der Waals surface area contributed by atoms with Crippen molar-refractivity contribution in [3.63, 3.8) is 0 Å². The quantitative estimate of drug-likeness (QED) is 0.324. The molecule has 0 bridgehead atoms. The Morgan fingerprint density at radius 1 is 1.12 bits per heavy atom. The number of nitro benzene ring substituents is 1. The summed E-state index contributed by atoms with van der Waals surface area (Å²) in [5.41, 5.74) is 0.981. The van der Waals surface area contributed by atoms with Crippen LogP contribution in [0, 0.1) is 20.2 Å². The van der Waals surface area contributed by atoms with Gasteiger partial charge in [-0.05, 0) is 18.2 Å². The second kappa shape index (κ2) is 6.23. The van der Waals surface area contributed by atoms with Gasteiger partial charge in [-0.15, -0.1) is 0 Å². The lowest BCUT2D eigenvalue weighted by molar-refractivity contribution is -0.401.